The van der Waals surface area contributed by atoms with E-state index < -0.39 is 35.8 Å². The van der Waals surface area contributed by atoms with E-state index in [-0.39, 0.29) is 26.0 Å². The number of carbonyl (C=O) groups excluding carboxylic acids is 3. The van der Waals surface area contributed by atoms with Crippen LogP contribution < -0.4 is 5.32 Å². The number of ether oxygens (including phenoxy) is 4. The second-order valence-electron chi connectivity index (χ2n) is 9.83. The first-order valence-electron chi connectivity index (χ1n) is 13.2. The van der Waals surface area contributed by atoms with Crippen LogP contribution in [0.3, 0.4) is 0 Å². The zero-order valence-corrected chi connectivity index (χ0v) is 21.9. The van der Waals surface area contributed by atoms with Gasteiger partial charge in [-0.05, 0) is 30.0 Å². The summed E-state index contributed by atoms with van der Waals surface area (Å²) in [6.07, 6.45) is 2.87. The molecule has 2 aromatic carbocycles. The number of H-pyrrole nitrogens is 1. The van der Waals surface area contributed by atoms with Gasteiger partial charge in [-0.25, -0.2) is 9.59 Å². The van der Waals surface area contributed by atoms with Crippen molar-refractivity contribution in [2.24, 2.45) is 0 Å². The van der Waals surface area contributed by atoms with E-state index in [4.69, 9.17) is 18.9 Å². The van der Waals surface area contributed by atoms with Gasteiger partial charge < -0.3 is 29.2 Å². The molecular weight excluding hydrogens is 502 g/mol. The second-order valence-corrected chi connectivity index (χ2v) is 9.83. The van der Waals surface area contributed by atoms with E-state index in [0.717, 1.165) is 28.5 Å². The van der Waals surface area contributed by atoms with E-state index in [1.54, 1.807) is 0 Å². The summed E-state index contributed by atoms with van der Waals surface area (Å²) in [7, 11) is 1.28. The maximum Gasteiger partial charge on any atom is 0.410 e. The van der Waals surface area contributed by atoms with Gasteiger partial charge in [-0.15, -0.1) is 0 Å². The van der Waals surface area contributed by atoms with Gasteiger partial charge in [-0.3, -0.25) is 9.69 Å². The Labute approximate surface area is 226 Å². The number of rotatable bonds is 7. The summed E-state index contributed by atoms with van der Waals surface area (Å²) < 4.78 is 22.5. The molecule has 10 heteroatoms. The van der Waals surface area contributed by atoms with Crippen LogP contribution in [-0.4, -0.2) is 72.6 Å². The molecule has 0 aliphatic carbocycles. The Morgan fingerprint density at radius 3 is 2.62 bits per heavy atom. The van der Waals surface area contributed by atoms with Gasteiger partial charge in [0.1, 0.15) is 18.7 Å². The molecule has 0 radical (unpaired) electrons. The van der Waals surface area contributed by atoms with E-state index in [2.05, 4.69) is 10.3 Å². The number of likely N-dealkylation sites (tertiary alicyclic amines) is 1. The lowest BCUT2D eigenvalue weighted by molar-refractivity contribution is -0.286. The van der Waals surface area contributed by atoms with Crippen LogP contribution in [0, 0.1) is 0 Å². The number of methoxy groups -OCH3 is 1. The number of fused-ring (bicyclic) bond motifs is 1. The molecule has 0 bridgehead atoms. The third kappa shape index (κ3) is 6.07. The summed E-state index contributed by atoms with van der Waals surface area (Å²) in [5, 5.41) is 3.79. The number of nitrogens with one attached hydrogen (secondary N) is 2. The molecule has 2 fully saturated rings. The van der Waals surface area contributed by atoms with Crippen LogP contribution in [-0.2, 0) is 41.6 Å². The quantitative estimate of drug-likeness (QED) is 0.446. The predicted molar refractivity (Wildman–Crippen MR) is 142 cm³/mol. The summed E-state index contributed by atoms with van der Waals surface area (Å²) in [6, 6.07) is 15.2. The standard InChI is InChI=1S/C29H33N3O7/c1-36-27(34)24(16-21-17-30-23-11-6-5-10-22(21)23)31-26(33)25-12-13-29(38-14-7-15-39-29)19-32(25)28(35)37-18-20-8-3-2-4-9-20/h2-6,8-11,17,24-25,30H,7,12-16,18-19H2,1H3,(H,31,33)/t24?,25-/m1/s1. The zero-order valence-electron chi connectivity index (χ0n) is 21.9. The van der Waals surface area contributed by atoms with E-state index in [1.165, 1.54) is 12.0 Å². The smallest absolute Gasteiger partial charge is 0.410 e. The Kier molecular flexibility index (Phi) is 8.13. The minimum absolute atomic E-state index is 0.0457. The molecule has 3 aromatic rings. The highest BCUT2D eigenvalue weighted by atomic mass is 16.7. The molecule has 39 heavy (non-hydrogen) atoms. The Bertz CT molecular complexity index is 1300. The molecule has 2 aliphatic rings. The molecule has 1 spiro atoms. The molecule has 2 saturated heterocycles. The fourth-order valence-corrected chi connectivity index (χ4v) is 5.20. The summed E-state index contributed by atoms with van der Waals surface area (Å²) in [4.78, 5) is 44.2. The van der Waals surface area contributed by atoms with Crippen molar-refractivity contribution in [3.63, 3.8) is 0 Å². The van der Waals surface area contributed by atoms with Gasteiger partial charge in [0.25, 0.3) is 0 Å². The molecule has 206 valence electrons. The third-order valence-corrected chi connectivity index (χ3v) is 7.25. The molecule has 5 rings (SSSR count). The van der Waals surface area contributed by atoms with Crippen molar-refractivity contribution >= 4 is 28.9 Å². The first kappa shape index (κ1) is 26.7. The maximum absolute atomic E-state index is 13.6. The van der Waals surface area contributed by atoms with E-state index in [9.17, 15) is 14.4 Å². The van der Waals surface area contributed by atoms with Crippen LogP contribution in [0.1, 0.15) is 30.4 Å². The summed E-state index contributed by atoms with van der Waals surface area (Å²) >= 11 is 0. The van der Waals surface area contributed by atoms with Crippen LogP contribution in [0.4, 0.5) is 4.79 Å². The molecule has 1 aromatic heterocycles. The monoisotopic (exact) mass is 535 g/mol. The molecule has 2 N–H and O–H groups in total. The number of nitrogens with zero attached hydrogens (tertiary/aromatic N) is 1. The SMILES string of the molecule is COC(=O)C(Cc1c[nH]c2ccccc12)NC(=O)[C@H]1CCC2(CN1C(=O)OCc1ccccc1)OCCCO2. The lowest BCUT2D eigenvalue weighted by atomic mass is 9.95. The summed E-state index contributed by atoms with van der Waals surface area (Å²) in [5.74, 6) is -2.02. The molecular formula is C29H33N3O7. The van der Waals surface area contributed by atoms with Crippen molar-refractivity contribution in [2.75, 3.05) is 26.9 Å². The lowest BCUT2D eigenvalue weighted by Crippen LogP contribution is -2.63. The first-order chi connectivity index (χ1) is 19.0. The maximum atomic E-state index is 13.6. The van der Waals surface area contributed by atoms with Crippen molar-refractivity contribution in [3.8, 4) is 0 Å². The van der Waals surface area contributed by atoms with Crippen molar-refractivity contribution in [1.29, 1.82) is 0 Å². The summed E-state index contributed by atoms with van der Waals surface area (Å²) in [5.41, 5.74) is 2.63. The van der Waals surface area contributed by atoms with Crippen LogP contribution in [0.2, 0.25) is 0 Å². The van der Waals surface area contributed by atoms with Gasteiger partial charge in [0.15, 0.2) is 5.79 Å². The number of amides is 2. The average molecular weight is 536 g/mol. The Morgan fingerprint density at radius 2 is 1.85 bits per heavy atom. The zero-order chi connectivity index (χ0) is 27.2. The highest BCUT2D eigenvalue weighted by Crippen LogP contribution is 2.33. The summed E-state index contributed by atoms with van der Waals surface area (Å²) in [6.45, 7) is 1.13. The number of hydrogen-bond donors (Lipinski definition) is 2. The highest BCUT2D eigenvalue weighted by Gasteiger charge is 2.48. The number of piperidine rings is 1. The van der Waals surface area contributed by atoms with E-state index in [0.29, 0.717) is 19.6 Å². The van der Waals surface area contributed by atoms with Crippen molar-refractivity contribution in [2.45, 2.75) is 50.2 Å². The number of carbonyl (C=O) groups is 3. The molecule has 2 aliphatic heterocycles. The Balaban J connectivity index is 1.33. The van der Waals surface area contributed by atoms with Crippen LogP contribution in [0.25, 0.3) is 10.9 Å². The van der Waals surface area contributed by atoms with Crippen molar-refractivity contribution in [3.05, 3.63) is 71.9 Å². The molecule has 0 saturated carbocycles. The van der Waals surface area contributed by atoms with Gasteiger partial charge in [0.05, 0.1) is 26.9 Å². The lowest BCUT2D eigenvalue weighted by Gasteiger charge is -2.46. The van der Waals surface area contributed by atoms with Crippen LogP contribution in [0.15, 0.2) is 60.8 Å². The fraction of sp³-hybridized carbons (Fsp3) is 0.414. The predicted octanol–water partition coefficient (Wildman–Crippen LogP) is 3.30. The molecule has 2 amide bonds. The number of esters is 1. The van der Waals surface area contributed by atoms with E-state index in [1.807, 2.05) is 60.8 Å². The Morgan fingerprint density at radius 1 is 1.10 bits per heavy atom. The van der Waals surface area contributed by atoms with Gasteiger partial charge in [-0.1, -0.05) is 48.5 Å². The van der Waals surface area contributed by atoms with Gasteiger partial charge in [0.2, 0.25) is 5.91 Å². The second kappa shape index (κ2) is 11.9. The largest absolute Gasteiger partial charge is 0.467 e. The normalized spacial score (nSPS) is 19.4. The van der Waals surface area contributed by atoms with Crippen molar-refractivity contribution < 1.29 is 33.3 Å². The topological polar surface area (TPSA) is 119 Å². The van der Waals surface area contributed by atoms with Crippen molar-refractivity contribution in [1.82, 2.24) is 15.2 Å². The molecule has 10 nitrogen and oxygen atoms in total. The fourth-order valence-electron chi connectivity index (χ4n) is 5.20. The average Bonchev–Trinajstić information content (AvgIpc) is 3.38. The third-order valence-electron chi connectivity index (χ3n) is 7.25. The minimum Gasteiger partial charge on any atom is -0.467 e. The number of benzene rings is 2. The van der Waals surface area contributed by atoms with Gasteiger partial charge in [-0.2, -0.15) is 0 Å². The van der Waals surface area contributed by atoms with Crippen LogP contribution >= 0.6 is 0 Å². The minimum atomic E-state index is -0.980. The number of hydrogen-bond acceptors (Lipinski definition) is 7. The Hall–Kier alpha value is -3.89. The number of aromatic nitrogens is 1. The first-order valence-corrected chi connectivity index (χ1v) is 13.2. The van der Waals surface area contributed by atoms with Gasteiger partial charge in [0, 0.05) is 29.9 Å². The van der Waals surface area contributed by atoms with E-state index >= 15 is 0 Å². The highest BCUT2D eigenvalue weighted by molar-refractivity contribution is 5.91. The molecule has 1 unspecified atom stereocenters. The van der Waals surface area contributed by atoms with Gasteiger partial charge >= 0.3 is 12.1 Å². The number of para-hydroxylation sites is 1. The molecule has 2 atom stereocenters. The van der Waals surface area contributed by atoms with Crippen LogP contribution in [0.5, 0.6) is 0 Å². The number of aromatic amines is 1. The molecule has 3 heterocycles.